The van der Waals surface area contributed by atoms with Crippen LogP contribution in [0, 0.1) is 6.92 Å². The first-order valence-corrected chi connectivity index (χ1v) is 6.28. The van der Waals surface area contributed by atoms with Crippen molar-refractivity contribution in [2.75, 3.05) is 12.0 Å². The van der Waals surface area contributed by atoms with Gasteiger partial charge in [-0.2, -0.15) is 5.10 Å². The van der Waals surface area contributed by atoms with Gasteiger partial charge in [-0.3, -0.25) is 10.2 Å². The summed E-state index contributed by atoms with van der Waals surface area (Å²) in [7, 11) is 0. The summed E-state index contributed by atoms with van der Waals surface area (Å²) in [5.74, 6) is -1.04. The van der Waals surface area contributed by atoms with Gasteiger partial charge in [0.25, 0.3) is 5.91 Å². The number of imidazole rings is 1. The van der Waals surface area contributed by atoms with Crippen molar-refractivity contribution in [3.8, 4) is 0 Å². The second kappa shape index (κ2) is 6.04. The van der Waals surface area contributed by atoms with Crippen LogP contribution in [0.4, 0.5) is 5.69 Å². The molecule has 0 aliphatic rings. The zero-order chi connectivity index (χ0) is 15.4. The van der Waals surface area contributed by atoms with Crippen LogP contribution in [0.15, 0.2) is 23.3 Å². The summed E-state index contributed by atoms with van der Waals surface area (Å²) >= 11 is 0. The summed E-state index contributed by atoms with van der Waals surface area (Å²) < 4.78 is 4.70. The molecule has 0 aliphatic carbocycles. The van der Waals surface area contributed by atoms with E-state index in [0.29, 0.717) is 5.69 Å². The lowest BCUT2D eigenvalue weighted by Crippen LogP contribution is -2.33. The molecule has 0 fully saturated rings. The van der Waals surface area contributed by atoms with E-state index in [4.69, 9.17) is 10.5 Å². The summed E-state index contributed by atoms with van der Waals surface area (Å²) in [6.45, 7) is 3.60. The number of fused-ring (bicyclic) bond motifs is 1. The number of carbonyl (C=O) groups excluding carboxylic acids is 2. The van der Waals surface area contributed by atoms with Crippen LogP contribution < -0.4 is 11.2 Å². The van der Waals surface area contributed by atoms with E-state index in [1.807, 2.05) is 6.92 Å². The van der Waals surface area contributed by atoms with E-state index >= 15 is 0 Å². The van der Waals surface area contributed by atoms with Crippen molar-refractivity contribution in [2.45, 2.75) is 13.8 Å². The molecule has 21 heavy (non-hydrogen) atoms. The zero-order valence-electron chi connectivity index (χ0n) is 11.6. The number of nitrogens with one attached hydrogen (secondary N) is 2. The van der Waals surface area contributed by atoms with Crippen LogP contribution in [-0.2, 0) is 14.3 Å². The van der Waals surface area contributed by atoms with Gasteiger partial charge < -0.3 is 15.5 Å². The third-order valence-corrected chi connectivity index (χ3v) is 2.60. The molecule has 0 aliphatic heterocycles. The maximum absolute atomic E-state index is 11.5. The number of rotatable bonds is 5. The molecule has 0 atom stereocenters. The highest BCUT2D eigenvalue weighted by Gasteiger charge is 2.19. The highest BCUT2D eigenvalue weighted by atomic mass is 16.5. The molecule has 0 bridgehead atoms. The van der Waals surface area contributed by atoms with E-state index in [-0.39, 0.29) is 6.61 Å². The predicted molar refractivity (Wildman–Crippen MR) is 77.7 cm³/mol. The van der Waals surface area contributed by atoms with Gasteiger partial charge >= 0.3 is 5.97 Å². The van der Waals surface area contributed by atoms with Crippen LogP contribution in [0.5, 0.6) is 0 Å². The third kappa shape index (κ3) is 3.35. The van der Waals surface area contributed by atoms with Crippen LogP contribution in [0.2, 0.25) is 0 Å². The Hall–Kier alpha value is -2.90. The largest absolute Gasteiger partial charge is 0.461 e. The molecule has 1 aromatic heterocycles. The van der Waals surface area contributed by atoms with E-state index in [0.717, 1.165) is 16.9 Å². The fraction of sp³-hybridized carbons (Fsp3) is 0.231. The number of aromatic nitrogens is 2. The lowest BCUT2D eigenvalue weighted by molar-refractivity contribution is -0.135. The molecule has 0 saturated carbocycles. The number of benzene rings is 1. The van der Waals surface area contributed by atoms with Crippen molar-refractivity contribution >= 4 is 34.3 Å². The minimum atomic E-state index is -0.959. The first-order valence-electron chi connectivity index (χ1n) is 6.28. The lowest BCUT2D eigenvalue weighted by Gasteiger charge is -2.04. The molecular formula is C13H15N5O3. The van der Waals surface area contributed by atoms with Gasteiger partial charge in [0.2, 0.25) is 5.71 Å². The van der Waals surface area contributed by atoms with Crippen LogP contribution in [0.3, 0.4) is 0 Å². The fourth-order valence-corrected chi connectivity index (χ4v) is 1.73. The van der Waals surface area contributed by atoms with Gasteiger partial charge in [0.15, 0.2) is 0 Å². The van der Waals surface area contributed by atoms with Gasteiger partial charge in [-0.1, -0.05) is 0 Å². The van der Waals surface area contributed by atoms with Crippen LogP contribution in [0.25, 0.3) is 11.0 Å². The van der Waals surface area contributed by atoms with Crippen molar-refractivity contribution in [3.63, 3.8) is 0 Å². The van der Waals surface area contributed by atoms with E-state index in [1.54, 1.807) is 25.1 Å². The van der Waals surface area contributed by atoms with Gasteiger partial charge in [-0.05, 0) is 32.0 Å². The summed E-state index contributed by atoms with van der Waals surface area (Å²) in [5.41, 5.74) is 9.41. The monoisotopic (exact) mass is 289 g/mol. The molecule has 110 valence electrons. The number of anilines is 1. The SMILES string of the molecule is CCOC(=O)/C(=N/Nc1ccc2nc(C)[nH]c2c1)C(N)=O. The van der Waals surface area contributed by atoms with Crippen LogP contribution >= 0.6 is 0 Å². The third-order valence-electron chi connectivity index (χ3n) is 2.60. The normalized spacial score (nSPS) is 11.4. The molecule has 0 spiro atoms. The Morgan fingerprint density at radius 1 is 1.48 bits per heavy atom. The molecule has 1 aromatic carbocycles. The zero-order valence-corrected chi connectivity index (χ0v) is 11.6. The van der Waals surface area contributed by atoms with Crippen molar-refractivity contribution in [1.29, 1.82) is 0 Å². The lowest BCUT2D eigenvalue weighted by atomic mass is 10.3. The number of aryl methyl sites for hydroxylation is 1. The van der Waals surface area contributed by atoms with Crippen LogP contribution in [-0.4, -0.2) is 34.2 Å². The van der Waals surface area contributed by atoms with Crippen molar-refractivity contribution in [1.82, 2.24) is 9.97 Å². The number of esters is 1. The molecule has 1 heterocycles. The summed E-state index contributed by atoms with van der Waals surface area (Å²) in [6.07, 6.45) is 0. The van der Waals surface area contributed by atoms with Crippen molar-refractivity contribution in [2.24, 2.45) is 10.8 Å². The Kier molecular flexibility index (Phi) is 4.17. The number of hydrogen-bond donors (Lipinski definition) is 3. The molecule has 1 amide bonds. The number of ether oxygens (including phenoxy) is 1. The second-order valence-electron chi connectivity index (χ2n) is 4.21. The number of hydrazone groups is 1. The van der Waals surface area contributed by atoms with Gasteiger partial charge in [-0.15, -0.1) is 0 Å². The number of nitrogens with two attached hydrogens (primary N) is 1. The minimum absolute atomic E-state index is 0.129. The van der Waals surface area contributed by atoms with Crippen molar-refractivity contribution in [3.05, 3.63) is 24.0 Å². The molecule has 2 aromatic rings. The quantitative estimate of drug-likeness (QED) is 0.323. The topological polar surface area (TPSA) is 122 Å². The molecule has 0 unspecified atom stereocenters. The number of hydrogen-bond acceptors (Lipinski definition) is 6. The predicted octanol–water partition coefficient (Wildman–Crippen LogP) is 0.688. The Balaban J connectivity index is 2.22. The minimum Gasteiger partial charge on any atom is -0.461 e. The van der Waals surface area contributed by atoms with Crippen molar-refractivity contribution < 1.29 is 14.3 Å². The summed E-state index contributed by atoms with van der Waals surface area (Å²) in [6, 6.07) is 5.25. The Morgan fingerprint density at radius 2 is 2.24 bits per heavy atom. The molecule has 0 saturated heterocycles. The molecule has 0 radical (unpaired) electrons. The van der Waals surface area contributed by atoms with Gasteiger partial charge in [0, 0.05) is 0 Å². The van der Waals surface area contributed by atoms with Gasteiger partial charge in [0.05, 0.1) is 23.3 Å². The smallest absolute Gasteiger partial charge is 0.364 e. The summed E-state index contributed by atoms with van der Waals surface area (Å²) in [4.78, 5) is 30.0. The molecule has 2 rings (SSSR count). The standard InChI is InChI=1S/C13H15N5O3/c1-3-21-13(20)11(12(14)19)18-17-8-4-5-9-10(6-8)16-7(2)15-9/h4-6,17H,3H2,1-2H3,(H2,14,19)(H,15,16)/b18-11+. The number of carbonyl (C=O) groups is 2. The molecule has 4 N–H and O–H groups in total. The number of H-pyrrole nitrogens is 1. The highest BCUT2D eigenvalue weighted by molar-refractivity contribution is 6.63. The Morgan fingerprint density at radius 3 is 2.90 bits per heavy atom. The number of nitrogens with zero attached hydrogens (tertiary/aromatic N) is 2. The number of amides is 1. The maximum atomic E-state index is 11.5. The van der Waals surface area contributed by atoms with E-state index in [1.165, 1.54) is 0 Å². The molecular weight excluding hydrogens is 274 g/mol. The summed E-state index contributed by atoms with van der Waals surface area (Å²) in [5, 5.41) is 3.71. The van der Waals surface area contributed by atoms with E-state index in [2.05, 4.69) is 20.5 Å². The number of primary amides is 1. The second-order valence-corrected chi connectivity index (χ2v) is 4.21. The first-order chi connectivity index (χ1) is 10.0. The van der Waals surface area contributed by atoms with Gasteiger partial charge in [-0.25, -0.2) is 9.78 Å². The van der Waals surface area contributed by atoms with Gasteiger partial charge in [0.1, 0.15) is 5.82 Å². The Labute approximate surface area is 120 Å². The number of aromatic amines is 1. The van der Waals surface area contributed by atoms with Crippen LogP contribution in [0.1, 0.15) is 12.7 Å². The fourth-order valence-electron chi connectivity index (χ4n) is 1.73. The molecule has 8 heteroatoms. The average Bonchev–Trinajstić information content (AvgIpc) is 2.78. The molecule has 8 nitrogen and oxygen atoms in total. The van der Waals surface area contributed by atoms with E-state index < -0.39 is 17.6 Å². The maximum Gasteiger partial charge on any atom is 0.364 e. The average molecular weight is 289 g/mol. The van der Waals surface area contributed by atoms with E-state index in [9.17, 15) is 9.59 Å². The first kappa shape index (κ1) is 14.5. The Bertz CT molecular complexity index is 720. The highest BCUT2D eigenvalue weighted by Crippen LogP contribution is 2.17.